The number of carbonyl (C=O) groups is 2. The maximum atomic E-state index is 14.0. The van der Waals surface area contributed by atoms with Crippen LogP contribution in [0.4, 0.5) is 10.1 Å². The van der Waals surface area contributed by atoms with Gasteiger partial charge in [-0.15, -0.1) is 6.58 Å². The van der Waals surface area contributed by atoms with Crippen LogP contribution in [-0.2, 0) is 17.9 Å². The fraction of sp³-hybridized carbons (Fsp3) is 0.174. The third kappa shape index (κ3) is 5.64. The van der Waals surface area contributed by atoms with Gasteiger partial charge in [0.05, 0.1) is 6.33 Å². The molecule has 2 amide bonds. The molecule has 0 saturated heterocycles. The summed E-state index contributed by atoms with van der Waals surface area (Å²) in [4.78, 5) is 30.7. The molecule has 1 heterocycles. The summed E-state index contributed by atoms with van der Waals surface area (Å²) in [5.41, 5.74) is 1.36. The van der Waals surface area contributed by atoms with Crippen molar-refractivity contribution < 1.29 is 14.0 Å². The summed E-state index contributed by atoms with van der Waals surface area (Å²) in [5.74, 6) is -0.798. The minimum absolute atomic E-state index is 0.124. The van der Waals surface area contributed by atoms with E-state index in [1.54, 1.807) is 67.3 Å². The van der Waals surface area contributed by atoms with Crippen LogP contribution in [0.5, 0.6) is 0 Å². The monoisotopic (exact) mass is 406 g/mol. The smallest absolute Gasteiger partial charge is 0.254 e. The highest BCUT2D eigenvalue weighted by atomic mass is 19.1. The topological polar surface area (TPSA) is 67.2 Å². The van der Waals surface area contributed by atoms with Crippen molar-refractivity contribution in [1.29, 1.82) is 0 Å². The van der Waals surface area contributed by atoms with Crippen molar-refractivity contribution in [1.82, 2.24) is 14.5 Å². The number of anilines is 1. The molecule has 2 aromatic carbocycles. The number of nitrogens with one attached hydrogen (secondary N) is 1. The lowest BCUT2D eigenvalue weighted by Gasteiger charge is -2.22. The Labute approximate surface area is 174 Å². The number of halogens is 1. The largest absolute Gasteiger partial charge is 0.337 e. The second-order valence-corrected chi connectivity index (χ2v) is 6.75. The van der Waals surface area contributed by atoms with Gasteiger partial charge in [-0.05, 0) is 24.3 Å². The van der Waals surface area contributed by atoms with Gasteiger partial charge in [0.25, 0.3) is 5.91 Å². The van der Waals surface area contributed by atoms with E-state index in [0.717, 1.165) is 0 Å². The van der Waals surface area contributed by atoms with Crippen LogP contribution in [0.15, 0.2) is 79.9 Å². The number of amides is 2. The maximum Gasteiger partial charge on any atom is 0.254 e. The van der Waals surface area contributed by atoms with E-state index in [0.29, 0.717) is 23.4 Å². The summed E-state index contributed by atoms with van der Waals surface area (Å²) in [6.07, 6.45) is 6.97. The van der Waals surface area contributed by atoms with E-state index < -0.39 is 0 Å². The van der Waals surface area contributed by atoms with Gasteiger partial charge in [-0.1, -0.05) is 30.3 Å². The number of aryl methyl sites for hydroxylation is 1. The van der Waals surface area contributed by atoms with E-state index in [1.807, 2.05) is 4.57 Å². The van der Waals surface area contributed by atoms with Crippen molar-refractivity contribution in [3.05, 3.63) is 96.9 Å². The third-order valence-corrected chi connectivity index (χ3v) is 4.51. The Balaban J connectivity index is 1.67. The molecule has 0 radical (unpaired) electrons. The van der Waals surface area contributed by atoms with E-state index in [4.69, 9.17) is 0 Å². The summed E-state index contributed by atoms with van der Waals surface area (Å²) >= 11 is 0. The van der Waals surface area contributed by atoms with E-state index in [-0.39, 0.29) is 37.1 Å². The number of hydrogen-bond acceptors (Lipinski definition) is 3. The highest BCUT2D eigenvalue weighted by Crippen LogP contribution is 2.16. The molecule has 0 unspecified atom stereocenters. The van der Waals surface area contributed by atoms with Crippen LogP contribution < -0.4 is 5.32 Å². The van der Waals surface area contributed by atoms with Crippen molar-refractivity contribution in [2.45, 2.75) is 19.5 Å². The number of nitrogens with zero attached hydrogens (tertiary/aromatic N) is 3. The van der Waals surface area contributed by atoms with Crippen LogP contribution in [0.3, 0.4) is 0 Å². The molecule has 0 saturated carbocycles. The Hall–Kier alpha value is -3.74. The third-order valence-electron chi connectivity index (χ3n) is 4.51. The van der Waals surface area contributed by atoms with Crippen LogP contribution in [0.2, 0.25) is 0 Å². The van der Waals surface area contributed by atoms with Crippen LogP contribution in [-0.4, -0.2) is 32.8 Å². The van der Waals surface area contributed by atoms with Crippen molar-refractivity contribution in [3.8, 4) is 0 Å². The number of aromatic nitrogens is 2. The molecule has 0 aliphatic rings. The molecule has 154 valence electrons. The molecule has 0 aliphatic carbocycles. The molecule has 0 spiro atoms. The molecule has 3 aromatic rings. The highest BCUT2D eigenvalue weighted by molar-refractivity contribution is 5.97. The van der Waals surface area contributed by atoms with Crippen molar-refractivity contribution >= 4 is 17.5 Å². The molecule has 1 aromatic heterocycles. The van der Waals surface area contributed by atoms with Gasteiger partial charge in [0.2, 0.25) is 5.91 Å². The molecule has 0 bridgehead atoms. The van der Waals surface area contributed by atoms with E-state index in [1.165, 1.54) is 11.0 Å². The summed E-state index contributed by atoms with van der Waals surface area (Å²) in [6, 6.07) is 13.1. The first kappa shape index (κ1) is 21.0. The highest BCUT2D eigenvalue weighted by Gasteiger charge is 2.17. The van der Waals surface area contributed by atoms with Crippen LogP contribution >= 0.6 is 0 Å². The Kier molecular flexibility index (Phi) is 7.10. The van der Waals surface area contributed by atoms with Gasteiger partial charge in [0.1, 0.15) is 5.82 Å². The second kappa shape index (κ2) is 10.2. The maximum absolute atomic E-state index is 14.0. The molecular weight excluding hydrogens is 383 g/mol. The van der Waals surface area contributed by atoms with Crippen LogP contribution in [0, 0.1) is 5.82 Å². The molecule has 3 rings (SSSR count). The quantitative estimate of drug-likeness (QED) is 0.549. The van der Waals surface area contributed by atoms with Crippen molar-refractivity contribution in [2.24, 2.45) is 0 Å². The fourth-order valence-electron chi connectivity index (χ4n) is 2.99. The summed E-state index contributed by atoms with van der Waals surface area (Å²) in [5, 5.41) is 2.81. The normalized spacial score (nSPS) is 10.4. The number of imidazole rings is 1. The fourth-order valence-corrected chi connectivity index (χ4v) is 2.99. The number of rotatable bonds is 9. The average Bonchev–Trinajstić information content (AvgIpc) is 3.27. The van der Waals surface area contributed by atoms with Gasteiger partial charge in [0, 0.05) is 55.3 Å². The van der Waals surface area contributed by atoms with Gasteiger partial charge in [-0.3, -0.25) is 9.59 Å². The lowest BCUT2D eigenvalue weighted by Crippen LogP contribution is -2.31. The lowest BCUT2D eigenvalue weighted by molar-refractivity contribution is -0.116. The Bertz CT molecular complexity index is 1020. The summed E-state index contributed by atoms with van der Waals surface area (Å²) < 4.78 is 15.8. The predicted molar refractivity (Wildman–Crippen MR) is 113 cm³/mol. The Morgan fingerprint density at radius 2 is 2.03 bits per heavy atom. The van der Waals surface area contributed by atoms with Crippen LogP contribution in [0.1, 0.15) is 22.3 Å². The van der Waals surface area contributed by atoms with Crippen molar-refractivity contribution in [2.75, 3.05) is 11.9 Å². The molecular formula is C23H23FN4O2. The van der Waals surface area contributed by atoms with Gasteiger partial charge < -0.3 is 14.8 Å². The number of benzene rings is 2. The first-order chi connectivity index (χ1) is 14.6. The molecule has 30 heavy (non-hydrogen) atoms. The average molecular weight is 406 g/mol. The zero-order valence-corrected chi connectivity index (χ0v) is 16.5. The number of hydrogen-bond donors (Lipinski definition) is 1. The molecule has 0 fully saturated rings. The van der Waals surface area contributed by atoms with Crippen molar-refractivity contribution in [3.63, 3.8) is 0 Å². The first-order valence-electron chi connectivity index (χ1n) is 9.56. The Morgan fingerprint density at radius 1 is 1.20 bits per heavy atom. The predicted octanol–water partition coefficient (Wildman–Crippen LogP) is 3.88. The summed E-state index contributed by atoms with van der Waals surface area (Å²) in [7, 11) is 0. The van der Waals surface area contributed by atoms with E-state index >= 15 is 0 Å². The van der Waals surface area contributed by atoms with Gasteiger partial charge in [-0.25, -0.2) is 9.37 Å². The number of carbonyl (C=O) groups excluding carboxylic acids is 2. The Morgan fingerprint density at radius 3 is 2.77 bits per heavy atom. The standard InChI is InChI=1S/C23H23FN4O2/c1-2-12-28(16-19-6-3-4-9-21(19)24)23(30)18-7-5-8-20(15-18)26-22(29)10-13-27-14-11-25-17-27/h2-9,11,14-15,17H,1,10,12-13,16H2,(H,26,29). The van der Waals surface area contributed by atoms with Crippen LogP contribution in [0.25, 0.3) is 0 Å². The summed E-state index contributed by atoms with van der Waals surface area (Å²) in [6.45, 7) is 4.60. The van der Waals surface area contributed by atoms with Gasteiger partial charge >= 0.3 is 0 Å². The van der Waals surface area contributed by atoms with E-state index in [9.17, 15) is 14.0 Å². The molecule has 1 N–H and O–H groups in total. The lowest BCUT2D eigenvalue weighted by atomic mass is 10.1. The zero-order chi connectivity index (χ0) is 21.3. The molecule has 7 heteroatoms. The molecule has 0 aliphatic heterocycles. The molecule has 6 nitrogen and oxygen atoms in total. The van der Waals surface area contributed by atoms with Gasteiger partial charge in [0.15, 0.2) is 0 Å². The zero-order valence-electron chi connectivity index (χ0n) is 16.5. The second-order valence-electron chi connectivity index (χ2n) is 6.75. The van der Waals surface area contributed by atoms with E-state index in [2.05, 4.69) is 16.9 Å². The molecule has 0 atom stereocenters. The SMILES string of the molecule is C=CCN(Cc1ccccc1F)C(=O)c1cccc(NC(=O)CCn2ccnc2)c1. The van der Waals surface area contributed by atoms with Gasteiger partial charge in [-0.2, -0.15) is 0 Å². The minimum atomic E-state index is -0.363. The minimum Gasteiger partial charge on any atom is -0.337 e. The first-order valence-corrected chi connectivity index (χ1v) is 9.56.